The molecule has 0 fully saturated rings. The highest BCUT2D eigenvalue weighted by molar-refractivity contribution is 5.94. The minimum Gasteiger partial charge on any atom is -0.478 e. The van der Waals surface area contributed by atoms with Crippen molar-refractivity contribution in [3.05, 3.63) is 29.6 Å². The topological polar surface area (TPSA) is 49.3 Å². The molecule has 106 valence electrons. The number of aromatic carboxylic acids is 1. The van der Waals surface area contributed by atoms with Gasteiger partial charge in [-0.2, -0.15) is 0 Å². The van der Waals surface area contributed by atoms with Crippen LogP contribution in [0.4, 0.5) is 10.1 Å². The molecule has 4 heteroatoms. The van der Waals surface area contributed by atoms with Crippen molar-refractivity contribution in [2.24, 2.45) is 5.92 Å². The largest absolute Gasteiger partial charge is 0.478 e. The number of benzene rings is 1. The second-order valence-electron chi connectivity index (χ2n) is 5.34. The van der Waals surface area contributed by atoms with E-state index in [1.54, 1.807) is 6.07 Å². The molecule has 2 N–H and O–H groups in total. The van der Waals surface area contributed by atoms with Gasteiger partial charge in [0.25, 0.3) is 0 Å². The van der Waals surface area contributed by atoms with Crippen molar-refractivity contribution in [3.8, 4) is 0 Å². The fourth-order valence-electron chi connectivity index (χ4n) is 2.03. The maximum Gasteiger partial charge on any atom is 0.340 e. The number of halogens is 1. The van der Waals surface area contributed by atoms with Crippen LogP contribution in [0.25, 0.3) is 0 Å². The van der Waals surface area contributed by atoms with Crippen LogP contribution < -0.4 is 5.32 Å². The van der Waals surface area contributed by atoms with E-state index in [-0.39, 0.29) is 11.6 Å². The van der Waals surface area contributed by atoms with Gasteiger partial charge in [-0.3, -0.25) is 0 Å². The monoisotopic (exact) mass is 267 g/mol. The van der Waals surface area contributed by atoms with Gasteiger partial charge in [0.2, 0.25) is 0 Å². The van der Waals surface area contributed by atoms with Crippen LogP contribution in [0.3, 0.4) is 0 Å². The Bertz CT molecular complexity index is 432. The quantitative estimate of drug-likeness (QED) is 0.780. The van der Waals surface area contributed by atoms with Crippen LogP contribution in [-0.2, 0) is 0 Å². The number of nitrogens with one attached hydrogen (secondary N) is 1. The molecule has 0 spiro atoms. The molecule has 1 atom stereocenters. The van der Waals surface area contributed by atoms with Crippen LogP contribution in [0.15, 0.2) is 18.2 Å². The molecule has 0 aliphatic rings. The summed E-state index contributed by atoms with van der Waals surface area (Å²) in [5.41, 5.74) is 0.0720. The number of carbonyl (C=O) groups is 1. The third-order valence-electron chi connectivity index (χ3n) is 3.05. The summed E-state index contributed by atoms with van der Waals surface area (Å²) < 4.78 is 13.5. The van der Waals surface area contributed by atoms with E-state index in [4.69, 9.17) is 5.11 Å². The second kappa shape index (κ2) is 7.12. The van der Waals surface area contributed by atoms with Crippen LogP contribution in [0.2, 0.25) is 0 Å². The third-order valence-corrected chi connectivity index (χ3v) is 3.05. The lowest BCUT2D eigenvalue weighted by Crippen LogP contribution is -2.18. The van der Waals surface area contributed by atoms with Gasteiger partial charge in [-0.1, -0.05) is 32.8 Å². The molecule has 0 radical (unpaired) electrons. The molecule has 0 heterocycles. The first kappa shape index (κ1) is 15.5. The SMILES string of the molecule is CC(C)CCCC(C)Nc1cccc(F)c1C(=O)O. The summed E-state index contributed by atoms with van der Waals surface area (Å²) >= 11 is 0. The molecular formula is C15H22FNO2. The minimum atomic E-state index is -1.24. The zero-order valence-electron chi connectivity index (χ0n) is 11.7. The van der Waals surface area contributed by atoms with Gasteiger partial charge in [0, 0.05) is 6.04 Å². The van der Waals surface area contributed by atoms with Crippen LogP contribution in [-0.4, -0.2) is 17.1 Å². The number of hydrogen-bond donors (Lipinski definition) is 2. The molecule has 0 saturated heterocycles. The average Bonchev–Trinajstić information content (AvgIpc) is 2.27. The van der Waals surface area contributed by atoms with Crippen molar-refractivity contribution in [3.63, 3.8) is 0 Å². The van der Waals surface area contributed by atoms with Crippen molar-refractivity contribution >= 4 is 11.7 Å². The maximum absolute atomic E-state index is 13.5. The van der Waals surface area contributed by atoms with Crippen molar-refractivity contribution < 1.29 is 14.3 Å². The summed E-state index contributed by atoms with van der Waals surface area (Å²) in [4.78, 5) is 11.0. The highest BCUT2D eigenvalue weighted by atomic mass is 19.1. The first-order valence-corrected chi connectivity index (χ1v) is 6.70. The van der Waals surface area contributed by atoms with E-state index in [0.717, 1.165) is 25.3 Å². The van der Waals surface area contributed by atoms with Gasteiger partial charge in [-0.15, -0.1) is 0 Å². The van der Waals surface area contributed by atoms with Gasteiger partial charge in [-0.05, 0) is 31.4 Å². The Morgan fingerprint density at radius 1 is 1.32 bits per heavy atom. The molecule has 0 aromatic heterocycles. The highest BCUT2D eigenvalue weighted by Crippen LogP contribution is 2.21. The van der Waals surface area contributed by atoms with E-state index in [1.165, 1.54) is 6.07 Å². The molecule has 1 aromatic rings. The van der Waals surface area contributed by atoms with Gasteiger partial charge in [-0.25, -0.2) is 9.18 Å². The summed E-state index contributed by atoms with van der Waals surface area (Å²) in [6, 6.07) is 4.41. The van der Waals surface area contributed by atoms with E-state index in [2.05, 4.69) is 19.2 Å². The number of rotatable bonds is 7. The zero-order chi connectivity index (χ0) is 14.4. The highest BCUT2D eigenvalue weighted by Gasteiger charge is 2.16. The summed E-state index contributed by atoms with van der Waals surface area (Å²) in [5.74, 6) is -1.28. The Morgan fingerprint density at radius 2 is 2.00 bits per heavy atom. The van der Waals surface area contributed by atoms with Crippen molar-refractivity contribution in [1.29, 1.82) is 0 Å². The van der Waals surface area contributed by atoms with Gasteiger partial charge in [0.15, 0.2) is 0 Å². The molecule has 3 nitrogen and oxygen atoms in total. The van der Waals surface area contributed by atoms with Gasteiger partial charge >= 0.3 is 5.97 Å². The zero-order valence-corrected chi connectivity index (χ0v) is 11.7. The number of anilines is 1. The lowest BCUT2D eigenvalue weighted by molar-refractivity contribution is 0.0693. The summed E-state index contributed by atoms with van der Waals surface area (Å²) in [6.07, 6.45) is 3.15. The van der Waals surface area contributed by atoms with Gasteiger partial charge in [0.1, 0.15) is 11.4 Å². The minimum absolute atomic E-state index is 0.124. The summed E-state index contributed by atoms with van der Waals surface area (Å²) in [7, 11) is 0. The predicted octanol–water partition coefficient (Wildman–Crippen LogP) is 4.15. The van der Waals surface area contributed by atoms with Crippen LogP contribution in [0.1, 0.15) is 50.4 Å². The molecule has 1 rings (SSSR count). The van der Waals surface area contributed by atoms with Gasteiger partial charge in [0.05, 0.1) is 5.69 Å². The first-order chi connectivity index (χ1) is 8.91. The average molecular weight is 267 g/mol. The molecule has 0 aliphatic carbocycles. The van der Waals surface area contributed by atoms with E-state index in [9.17, 15) is 9.18 Å². The third kappa shape index (κ3) is 4.89. The van der Waals surface area contributed by atoms with Crippen molar-refractivity contribution in [1.82, 2.24) is 0 Å². The lowest BCUT2D eigenvalue weighted by atomic mass is 10.0. The fourth-order valence-corrected chi connectivity index (χ4v) is 2.03. The number of carboxylic acid groups (broad SMARTS) is 1. The van der Waals surface area contributed by atoms with Crippen molar-refractivity contribution in [2.45, 2.75) is 46.1 Å². The molecule has 0 bridgehead atoms. The first-order valence-electron chi connectivity index (χ1n) is 6.70. The predicted molar refractivity (Wildman–Crippen MR) is 75.1 cm³/mol. The smallest absolute Gasteiger partial charge is 0.340 e. The number of hydrogen-bond acceptors (Lipinski definition) is 2. The van der Waals surface area contributed by atoms with Crippen molar-refractivity contribution in [2.75, 3.05) is 5.32 Å². The molecule has 19 heavy (non-hydrogen) atoms. The second-order valence-corrected chi connectivity index (χ2v) is 5.34. The molecule has 1 unspecified atom stereocenters. The lowest BCUT2D eigenvalue weighted by Gasteiger charge is -2.17. The van der Waals surface area contributed by atoms with Crippen LogP contribution in [0, 0.1) is 11.7 Å². The Labute approximate surface area is 113 Å². The molecular weight excluding hydrogens is 245 g/mol. The van der Waals surface area contributed by atoms with E-state index < -0.39 is 11.8 Å². The van der Waals surface area contributed by atoms with Gasteiger partial charge < -0.3 is 10.4 Å². The molecule has 1 aromatic carbocycles. The van der Waals surface area contributed by atoms with E-state index >= 15 is 0 Å². The Balaban J connectivity index is 2.66. The van der Waals surface area contributed by atoms with Crippen LogP contribution >= 0.6 is 0 Å². The standard InChI is InChI=1S/C15H22FNO2/c1-10(2)6-4-7-11(3)17-13-9-5-8-12(16)14(13)15(18)19/h5,8-11,17H,4,6-7H2,1-3H3,(H,18,19). The molecule has 0 amide bonds. The fraction of sp³-hybridized carbons (Fsp3) is 0.533. The van der Waals surface area contributed by atoms with E-state index in [1.807, 2.05) is 6.92 Å². The normalized spacial score (nSPS) is 12.5. The summed E-state index contributed by atoms with van der Waals surface area (Å²) in [6.45, 7) is 6.33. The Kier molecular flexibility index (Phi) is 5.80. The number of carboxylic acids is 1. The Morgan fingerprint density at radius 3 is 2.58 bits per heavy atom. The Hall–Kier alpha value is -1.58. The van der Waals surface area contributed by atoms with Crippen LogP contribution in [0.5, 0.6) is 0 Å². The molecule has 0 saturated carbocycles. The molecule has 0 aliphatic heterocycles. The summed E-state index contributed by atoms with van der Waals surface area (Å²) in [5, 5.41) is 12.1. The maximum atomic E-state index is 13.5. The van der Waals surface area contributed by atoms with E-state index in [0.29, 0.717) is 11.6 Å².